The number of piperidine rings is 1. The van der Waals surface area contributed by atoms with Gasteiger partial charge in [-0.2, -0.15) is 0 Å². The summed E-state index contributed by atoms with van der Waals surface area (Å²) < 4.78 is 5.12. The summed E-state index contributed by atoms with van der Waals surface area (Å²) in [7, 11) is 0. The van der Waals surface area contributed by atoms with Crippen LogP contribution in [0.5, 0.6) is 0 Å². The molecule has 2 aromatic carbocycles. The standard InChI is InChI=1S/C26H27ClN2O5/c1-16-11-17(2)14-28(13-16)22-12-24(31)29(25(22)32)21-9-5-19(6-10-21)26(33)34-15-23(30)18-3-7-20(27)8-4-18/h3-10,16-17,22H,11-15H2,1-2H3. The molecule has 2 saturated heterocycles. The predicted molar refractivity (Wildman–Crippen MR) is 128 cm³/mol. The Bertz CT molecular complexity index is 1090. The summed E-state index contributed by atoms with van der Waals surface area (Å²) in [6.45, 7) is 5.55. The van der Waals surface area contributed by atoms with Crippen molar-refractivity contribution in [3.05, 3.63) is 64.7 Å². The zero-order valence-corrected chi connectivity index (χ0v) is 20.0. The summed E-state index contributed by atoms with van der Waals surface area (Å²) in [5.74, 6) is -0.514. The first kappa shape index (κ1) is 24.1. The third kappa shape index (κ3) is 5.21. The van der Waals surface area contributed by atoms with Crippen LogP contribution in [0.25, 0.3) is 0 Å². The van der Waals surface area contributed by atoms with Crippen molar-refractivity contribution in [2.45, 2.75) is 32.7 Å². The van der Waals surface area contributed by atoms with E-state index in [1.165, 1.54) is 17.0 Å². The van der Waals surface area contributed by atoms with Crippen LogP contribution in [0, 0.1) is 11.8 Å². The highest BCUT2D eigenvalue weighted by Crippen LogP contribution is 2.30. The first-order valence-electron chi connectivity index (χ1n) is 11.4. The molecule has 3 unspecified atom stereocenters. The van der Waals surface area contributed by atoms with Gasteiger partial charge >= 0.3 is 5.97 Å². The summed E-state index contributed by atoms with van der Waals surface area (Å²) in [6.07, 6.45) is 1.28. The normalized spacial score (nSPS) is 23.3. The number of carbonyl (C=O) groups excluding carboxylic acids is 4. The second kappa shape index (κ2) is 10.1. The quantitative estimate of drug-likeness (QED) is 0.351. The second-order valence-corrected chi connectivity index (χ2v) is 9.68. The summed E-state index contributed by atoms with van der Waals surface area (Å²) in [4.78, 5) is 53.7. The van der Waals surface area contributed by atoms with E-state index in [0.29, 0.717) is 28.1 Å². The SMILES string of the molecule is CC1CC(C)CN(C2CC(=O)N(c3ccc(C(=O)OCC(=O)c4ccc(Cl)cc4)cc3)C2=O)C1. The lowest BCUT2D eigenvalue weighted by Crippen LogP contribution is -2.48. The number of hydrogen-bond donors (Lipinski definition) is 0. The molecule has 34 heavy (non-hydrogen) atoms. The van der Waals surface area contributed by atoms with E-state index in [9.17, 15) is 19.2 Å². The van der Waals surface area contributed by atoms with Crippen LogP contribution in [-0.2, 0) is 14.3 Å². The van der Waals surface area contributed by atoms with Gasteiger partial charge in [-0.25, -0.2) is 9.69 Å². The third-order valence-electron chi connectivity index (χ3n) is 6.32. The lowest BCUT2D eigenvalue weighted by atomic mass is 9.90. The number of ether oxygens (including phenoxy) is 1. The molecule has 0 saturated carbocycles. The summed E-state index contributed by atoms with van der Waals surface area (Å²) in [6, 6.07) is 12.0. The Morgan fingerprint density at radius 1 is 0.941 bits per heavy atom. The average Bonchev–Trinajstić information content (AvgIpc) is 3.11. The molecule has 2 heterocycles. The van der Waals surface area contributed by atoms with E-state index in [4.69, 9.17) is 16.3 Å². The van der Waals surface area contributed by atoms with Crippen molar-refractivity contribution in [1.82, 2.24) is 4.90 Å². The molecule has 2 aliphatic heterocycles. The fraction of sp³-hybridized carbons (Fsp3) is 0.385. The topological polar surface area (TPSA) is 84.0 Å². The maximum absolute atomic E-state index is 13.1. The van der Waals surface area contributed by atoms with Gasteiger partial charge in [-0.15, -0.1) is 0 Å². The van der Waals surface area contributed by atoms with Crippen molar-refractivity contribution in [3.8, 4) is 0 Å². The number of esters is 1. The molecule has 0 radical (unpaired) electrons. The molecular formula is C26H27ClN2O5. The minimum atomic E-state index is -0.665. The van der Waals surface area contributed by atoms with Crippen molar-refractivity contribution < 1.29 is 23.9 Å². The van der Waals surface area contributed by atoms with E-state index in [1.54, 1.807) is 36.4 Å². The van der Waals surface area contributed by atoms with Gasteiger partial charge in [-0.1, -0.05) is 25.4 Å². The number of nitrogens with zero attached hydrogens (tertiary/aromatic N) is 2. The number of hydrogen-bond acceptors (Lipinski definition) is 6. The Morgan fingerprint density at radius 3 is 2.15 bits per heavy atom. The van der Waals surface area contributed by atoms with Crippen LogP contribution in [0.2, 0.25) is 5.02 Å². The van der Waals surface area contributed by atoms with Crippen LogP contribution >= 0.6 is 11.6 Å². The highest BCUT2D eigenvalue weighted by molar-refractivity contribution is 6.30. The van der Waals surface area contributed by atoms with Gasteiger partial charge in [0.1, 0.15) is 0 Å². The van der Waals surface area contributed by atoms with Gasteiger partial charge in [0.15, 0.2) is 12.4 Å². The first-order valence-corrected chi connectivity index (χ1v) is 11.8. The Balaban J connectivity index is 1.38. The van der Waals surface area contributed by atoms with E-state index in [1.807, 2.05) is 0 Å². The van der Waals surface area contributed by atoms with Gasteiger partial charge in [-0.05, 0) is 66.8 Å². The van der Waals surface area contributed by atoms with Gasteiger partial charge in [-0.3, -0.25) is 19.3 Å². The largest absolute Gasteiger partial charge is 0.454 e. The van der Waals surface area contributed by atoms with Gasteiger partial charge < -0.3 is 4.74 Å². The number of benzene rings is 2. The van der Waals surface area contributed by atoms with Crippen LogP contribution in [0.3, 0.4) is 0 Å². The molecule has 0 aliphatic carbocycles. The van der Waals surface area contributed by atoms with Crippen molar-refractivity contribution in [2.75, 3.05) is 24.6 Å². The molecule has 0 N–H and O–H groups in total. The fourth-order valence-corrected chi connectivity index (χ4v) is 4.94. The lowest BCUT2D eigenvalue weighted by Gasteiger charge is -2.37. The number of rotatable bonds is 6. The smallest absolute Gasteiger partial charge is 0.338 e. The number of likely N-dealkylation sites (tertiary alicyclic amines) is 1. The number of imide groups is 1. The third-order valence-corrected chi connectivity index (χ3v) is 6.57. The Labute approximate surface area is 203 Å². The van der Waals surface area contributed by atoms with Gasteiger partial charge in [0, 0.05) is 23.7 Å². The van der Waals surface area contributed by atoms with E-state index >= 15 is 0 Å². The minimum Gasteiger partial charge on any atom is -0.454 e. The highest BCUT2D eigenvalue weighted by atomic mass is 35.5. The van der Waals surface area contributed by atoms with Crippen LogP contribution in [-0.4, -0.2) is 54.2 Å². The number of ketones is 1. The fourth-order valence-electron chi connectivity index (χ4n) is 4.82. The molecule has 178 valence electrons. The second-order valence-electron chi connectivity index (χ2n) is 9.24. The summed E-state index contributed by atoms with van der Waals surface area (Å²) in [5.41, 5.74) is 1.04. The molecule has 2 aliphatic rings. The maximum Gasteiger partial charge on any atom is 0.338 e. The molecule has 4 rings (SSSR count). The average molecular weight is 483 g/mol. The molecule has 2 aromatic rings. The van der Waals surface area contributed by atoms with Crippen molar-refractivity contribution in [3.63, 3.8) is 0 Å². The molecule has 0 bridgehead atoms. The molecule has 2 amide bonds. The summed E-state index contributed by atoms with van der Waals surface area (Å²) in [5, 5.41) is 0.509. The lowest BCUT2D eigenvalue weighted by molar-refractivity contribution is -0.123. The summed E-state index contributed by atoms with van der Waals surface area (Å²) >= 11 is 5.82. The van der Waals surface area contributed by atoms with Crippen molar-refractivity contribution in [2.24, 2.45) is 11.8 Å². The molecule has 2 fully saturated rings. The molecule has 0 spiro atoms. The number of anilines is 1. The van der Waals surface area contributed by atoms with Crippen LogP contribution in [0.4, 0.5) is 5.69 Å². The molecule has 3 atom stereocenters. The zero-order valence-electron chi connectivity index (χ0n) is 19.2. The Hall–Kier alpha value is -3.03. The number of amides is 2. The Kier molecular flexibility index (Phi) is 7.14. The molecule has 8 heteroatoms. The van der Waals surface area contributed by atoms with Crippen molar-refractivity contribution >= 4 is 40.9 Å². The first-order chi connectivity index (χ1) is 16.2. The zero-order chi connectivity index (χ0) is 24.4. The number of halogens is 1. The Morgan fingerprint density at radius 2 is 1.53 bits per heavy atom. The van der Waals surface area contributed by atoms with Gasteiger partial charge in [0.05, 0.1) is 23.7 Å². The van der Waals surface area contributed by atoms with E-state index in [0.717, 1.165) is 19.5 Å². The molecular weight excluding hydrogens is 456 g/mol. The van der Waals surface area contributed by atoms with E-state index < -0.39 is 18.6 Å². The maximum atomic E-state index is 13.1. The van der Waals surface area contributed by atoms with E-state index in [-0.39, 0.29) is 29.6 Å². The van der Waals surface area contributed by atoms with Crippen LogP contribution in [0.1, 0.15) is 47.4 Å². The predicted octanol–water partition coefficient (Wildman–Crippen LogP) is 3.99. The van der Waals surface area contributed by atoms with Crippen molar-refractivity contribution in [1.29, 1.82) is 0 Å². The monoisotopic (exact) mass is 482 g/mol. The van der Waals surface area contributed by atoms with Gasteiger partial charge in [0.25, 0.3) is 5.91 Å². The van der Waals surface area contributed by atoms with Gasteiger partial charge in [0.2, 0.25) is 5.91 Å². The van der Waals surface area contributed by atoms with Crippen LogP contribution < -0.4 is 4.90 Å². The number of Topliss-reactive ketones (excluding diaryl/α,β-unsaturated/α-hetero) is 1. The highest BCUT2D eigenvalue weighted by Gasteiger charge is 2.44. The molecule has 7 nitrogen and oxygen atoms in total. The van der Waals surface area contributed by atoms with E-state index in [2.05, 4.69) is 18.7 Å². The minimum absolute atomic E-state index is 0.162. The number of carbonyl (C=O) groups is 4. The van der Waals surface area contributed by atoms with Crippen LogP contribution in [0.15, 0.2) is 48.5 Å². The molecule has 0 aromatic heterocycles.